The lowest BCUT2D eigenvalue weighted by Gasteiger charge is -2.15. The smallest absolute Gasteiger partial charge is 0.0440 e. The first kappa shape index (κ1) is 15.4. The fraction of sp³-hybridized carbons (Fsp3) is 0.429. The van der Waals surface area contributed by atoms with Gasteiger partial charge in [-0.2, -0.15) is 0 Å². The van der Waals surface area contributed by atoms with E-state index in [-0.39, 0.29) is 0 Å². The minimum atomic E-state index is -0.610. The average molecular weight is 251 g/mol. The van der Waals surface area contributed by atoms with Crippen LogP contribution in [0.5, 0.6) is 0 Å². The molecule has 0 saturated heterocycles. The minimum absolute atomic E-state index is 0.610. The molecule has 90 valence electrons. The highest BCUT2D eigenvalue weighted by Gasteiger charge is 2.12. The van der Waals surface area contributed by atoms with Gasteiger partial charge in [-0.3, -0.25) is 0 Å². The maximum Gasteiger partial charge on any atom is 0.0440 e. The maximum absolute atomic E-state index is 3.86. The molecule has 0 nitrogen and oxygen atoms in total. The van der Waals surface area contributed by atoms with E-state index in [0.717, 1.165) is 0 Å². The molecule has 16 heavy (non-hydrogen) atoms. The quantitative estimate of drug-likeness (QED) is 0.381. The first-order valence-electron chi connectivity index (χ1n) is 6.22. The molecule has 0 atom stereocenters. The Balaban J connectivity index is 4.00. The Labute approximate surface area is 105 Å². The van der Waals surface area contributed by atoms with Gasteiger partial charge >= 0.3 is 0 Å². The molecule has 0 aliphatic rings. The second kappa shape index (κ2) is 10.9. The van der Waals surface area contributed by atoms with Crippen molar-refractivity contribution in [2.75, 3.05) is 0 Å². The average Bonchev–Trinajstić information content (AvgIpc) is 2.27. The molecule has 0 aromatic carbocycles. The fourth-order valence-corrected chi connectivity index (χ4v) is 9.06. The number of hydrogen-bond acceptors (Lipinski definition) is 0. The molecule has 0 saturated carbocycles. The van der Waals surface area contributed by atoms with Crippen molar-refractivity contribution in [1.82, 2.24) is 0 Å². The first-order chi connectivity index (χ1) is 7.78. The van der Waals surface area contributed by atoms with Crippen LogP contribution < -0.4 is 0 Å². The summed E-state index contributed by atoms with van der Waals surface area (Å²) in [7, 11) is -1.22. The van der Waals surface area contributed by atoms with Crippen LogP contribution in [0.4, 0.5) is 0 Å². The van der Waals surface area contributed by atoms with E-state index in [1.54, 1.807) is 0 Å². The molecule has 0 aromatic rings. The molecule has 0 fully saturated rings. The van der Waals surface area contributed by atoms with E-state index in [9.17, 15) is 0 Å². The summed E-state index contributed by atoms with van der Waals surface area (Å²) in [6.07, 6.45) is 8.38. The predicted octanol–water partition coefficient (Wildman–Crippen LogP) is 4.18. The molecule has 0 amide bonds. The van der Waals surface area contributed by atoms with Crippen molar-refractivity contribution in [3.63, 3.8) is 0 Å². The van der Waals surface area contributed by atoms with Gasteiger partial charge in [0.1, 0.15) is 0 Å². The molecule has 0 bridgehead atoms. The lowest BCUT2D eigenvalue weighted by Crippen LogP contribution is -2.16. The molecule has 0 spiro atoms. The molecular formula is C14H26Si2. The summed E-state index contributed by atoms with van der Waals surface area (Å²) in [6.45, 7) is 15.4. The maximum atomic E-state index is 3.86. The summed E-state index contributed by atoms with van der Waals surface area (Å²) in [4.78, 5) is 0. The Morgan fingerprint density at radius 1 is 0.562 bits per heavy atom. The second-order valence-corrected chi connectivity index (χ2v) is 10.9. The third kappa shape index (κ3) is 7.66. The Morgan fingerprint density at radius 2 is 0.812 bits per heavy atom. The molecule has 0 rings (SSSR count). The summed E-state index contributed by atoms with van der Waals surface area (Å²) in [5.74, 6) is 0. The number of rotatable bonds is 11. The van der Waals surface area contributed by atoms with Crippen molar-refractivity contribution in [3.8, 4) is 0 Å². The SMILES string of the molecule is C=CC[SiH](CC=C)CC[SiH](CC=C)CC=C. The van der Waals surface area contributed by atoms with Gasteiger partial charge in [-0.1, -0.05) is 36.4 Å². The van der Waals surface area contributed by atoms with Gasteiger partial charge < -0.3 is 0 Å². The zero-order valence-electron chi connectivity index (χ0n) is 10.5. The van der Waals surface area contributed by atoms with Crippen molar-refractivity contribution >= 4 is 17.6 Å². The molecular weight excluding hydrogens is 224 g/mol. The Hall–Kier alpha value is -0.606. The van der Waals surface area contributed by atoms with Crippen molar-refractivity contribution < 1.29 is 0 Å². The van der Waals surface area contributed by atoms with E-state index in [4.69, 9.17) is 0 Å². The lowest BCUT2D eigenvalue weighted by atomic mass is 10.7. The lowest BCUT2D eigenvalue weighted by molar-refractivity contribution is 1.27. The van der Waals surface area contributed by atoms with Crippen LogP contribution in [-0.2, 0) is 0 Å². The van der Waals surface area contributed by atoms with Crippen LogP contribution in [0.25, 0.3) is 0 Å². The minimum Gasteiger partial charge on any atom is -0.103 e. The normalized spacial score (nSPS) is 10.4. The van der Waals surface area contributed by atoms with Gasteiger partial charge in [0.2, 0.25) is 0 Å². The van der Waals surface area contributed by atoms with Crippen LogP contribution in [0.1, 0.15) is 0 Å². The van der Waals surface area contributed by atoms with Gasteiger partial charge in [-0.25, -0.2) is 0 Å². The second-order valence-electron chi connectivity index (χ2n) is 4.41. The molecule has 0 aliphatic heterocycles. The zero-order valence-corrected chi connectivity index (χ0v) is 12.8. The van der Waals surface area contributed by atoms with Gasteiger partial charge in [0, 0.05) is 17.6 Å². The van der Waals surface area contributed by atoms with Crippen molar-refractivity contribution in [2.45, 2.75) is 36.3 Å². The topological polar surface area (TPSA) is 0 Å². The summed E-state index contributed by atoms with van der Waals surface area (Å²) in [5.41, 5.74) is 0. The largest absolute Gasteiger partial charge is 0.103 e. The van der Waals surface area contributed by atoms with E-state index >= 15 is 0 Å². The van der Waals surface area contributed by atoms with Crippen molar-refractivity contribution in [2.24, 2.45) is 0 Å². The molecule has 0 unspecified atom stereocenters. The molecule has 0 aromatic heterocycles. The van der Waals surface area contributed by atoms with Crippen LogP contribution in [0.3, 0.4) is 0 Å². The van der Waals surface area contributed by atoms with Crippen LogP contribution in [0.15, 0.2) is 50.6 Å². The molecule has 0 radical (unpaired) electrons. The molecule has 0 N–H and O–H groups in total. The summed E-state index contributed by atoms with van der Waals surface area (Å²) in [6, 6.07) is 7.95. The Bertz CT molecular complexity index is 177. The van der Waals surface area contributed by atoms with Gasteiger partial charge in [-0.15, -0.1) is 26.3 Å². The van der Waals surface area contributed by atoms with Gasteiger partial charge in [0.15, 0.2) is 0 Å². The number of hydrogen-bond donors (Lipinski definition) is 0. The first-order valence-corrected chi connectivity index (χ1v) is 11.1. The summed E-state index contributed by atoms with van der Waals surface area (Å²) >= 11 is 0. The summed E-state index contributed by atoms with van der Waals surface area (Å²) in [5, 5.41) is 0. The van der Waals surface area contributed by atoms with Crippen LogP contribution >= 0.6 is 0 Å². The standard InChI is InChI=1S/C14H26Si2/c1-5-9-15(10-6-2)13-14-16(11-7-3)12-8-4/h5-8,15-16H,1-4,9-14H2. The van der Waals surface area contributed by atoms with E-state index in [1.165, 1.54) is 36.3 Å². The van der Waals surface area contributed by atoms with Crippen molar-refractivity contribution in [3.05, 3.63) is 50.6 Å². The monoisotopic (exact) mass is 250 g/mol. The molecule has 0 aliphatic carbocycles. The Morgan fingerprint density at radius 3 is 1.00 bits per heavy atom. The van der Waals surface area contributed by atoms with Gasteiger partial charge in [0.05, 0.1) is 0 Å². The predicted molar refractivity (Wildman–Crippen MR) is 83.9 cm³/mol. The van der Waals surface area contributed by atoms with E-state index < -0.39 is 17.6 Å². The zero-order chi connectivity index (χ0) is 12.2. The fourth-order valence-electron chi connectivity index (χ4n) is 2.08. The molecule has 2 heteroatoms. The summed E-state index contributed by atoms with van der Waals surface area (Å²) < 4.78 is 0. The van der Waals surface area contributed by atoms with Crippen molar-refractivity contribution in [1.29, 1.82) is 0 Å². The van der Waals surface area contributed by atoms with E-state index in [2.05, 4.69) is 50.6 Å². The number of allylic oxidation sites excluding steroid dienone is 4. The Kier molecular flexibility index (Phi) is 10.5. The third-order valence-electron chi connectivity index (χ3n) is 2.98. The van der Waals surface area contributed by atoms with E-state index in [1.807, 2.05) is 0 Å². The highest BCUT2D eigenvalue weighted by Crippen LogP contribution is 2.16. The molecule has 0 heterocycles. The van der Waals surface area contributed by atoms with Crippen LogP contribution in [-0.4, -0.2) is 17.6 Å². The highest BCUT2D eigenvalue weighted by molar-refractivity contribution is 6.65. The highest BCUT2D eigenvalue weighted by atomic mass is 28.3. The van der Waals surface area contributed by atoms with Crippen LogP contribution in [0, 0.1) is 0 Å². The van der Waals surface area contributed by atoms with E-state index in [0.29, 0.717) is 0 Å². The third-order valence-corrected chi connectivity index (χ3v) is 9.95. The van der Waals surface area contributed by atoms with Gasteiger partial charge in [0.25, 0.3) is 0 Å². The van der Waals surface area contributed by atoms with Crippen LogP contribution in [0.2, 0.25) is 36.3 Å². The van der Waals surface area contributed by atoms with Gasteiger partial charge in [-0.05, 0) is 24.2 Å².